The largest absolute Gasteiger partial charge is 0.497 e. The topological polar surface area (TPSA) is 18.5 Å². The van der Waals surface area contributed by atoms with E-state index in [-0.39, 0.29) is 5.56 Å². The van der Waals surface area contributed by atoms with Gasteiger partial charge in [0.2, 0.25) is 0 Å². The van der Waals surface area contributed by atoms with Crippen molar-refractivity contribution in [3.8, 4) is 11.5 Å². The van der Waals surface area contributed by atoms with Crippen LogP contribution in [0, 0.1) is 11.6 Å². The van der Waals surface area contributed by atoms with Crippen molar-refractivity contribution in [3.05, 3.63) is 59.2 Å². The summed E-state index contributed by atoms with van der Waals surface area (Å²) in [6.07, 6.45) is 0. The lowest BCUT2D eigenvalue weighted by atomic mass is 10.0. The van der Waals surface area contributed by atoms with Gasteiger partial charge in [0, 0.05) is 17.2 Å². The molecule has 0 aliphatic heterocycles. The maximum absolute atomic E-state index is 13.8. The minimum atomic E-state index is -0.953. The molecule has 0 N–H and O–H groups in total. The summed E-state index contributed by atoms with van der Waals surface area (Å²) in [7, 11) is 3.00. The fourth-order valence-electron chi connectivity index (χ4n) is 1.91. The lowest BCUT2D eigenvalue weighted by Crippen LogP contribution is -2.02. The first-order valence-electron chi connectivity index (χ1n) is 5.88. The van der Waals surface area contributed by atoms with Gasteiger partial charge in [0.05, 0.1) is 19.6 Å². The van der Waals surface area contributed by atoms with Crippen LogP contribution in [0.1, 0.15) is 16.5 Å². The minimum Gasteiger partial charge on any atom is -0.497 e. The third kappa shape index (κ3) is 2.70. The monoisotopic (exact) mass is 298 g/mol. The van der Waals surface area contributed by atoms with Gasteiger partial charge in [0.15, 0.2) is 11.6 Å². The molecule has 0 heterocycles. The number of hydrogen-bond donors (Lipinski definition) is 0. The Balaban J connectivity index is 2.47. The maximum atomic E-state index is 13.8. The molecule has 106 valence electrons. The number of alkyl halides is 1. The molecule has 5 heteroatoms. The predicted octanol–water partition coefficient (Wildman–Crippen LogP) is 4.31. The van der Waals surface area contributed by atoms with E-state index >= 15 is 0 Å². The highest BCUT2D eigenvalue weighted by atomic mass is 35.5. The summed E-state index contributed by atoms with van der Waals surface area (Å²) in [5, 5.41) is -0.855. The van der Waals surface area contributed by atoms with E-state index in [1.165, 1.54) is 26.4 Å². The quantitative estimate of drug-likeness (QED) is 0.783. The first-order valence-corrected chi connectivity index (χ1v) is 6.32. The van der Waals surface area contributed by atoms with Gasteiger partial charge in [-0.3, -0.25) is 0 Å². The number of benzene rings is 2. The molecular formula is C15H13ClF2O2. The molecule has 0 aliphatic rings. The Morgan fingerprint density at radius 2 is 1.75 bits per heavy atom. The number of halogens is 3. The minimum absolute atomic E-state index is 0.0649. The summed E-state index contributed by atoms with van der Waals surface area (Å²) in [5.41, 5.74) is 0.606. The first kappa shape index (κ1) is 14.6. The molecular weight excluding hydrogens is 286 g/mol. The van der Waals surface area contributed by atoms with Crippen molar-refractivity contribution in [2.45, 2.75) is 5.38 Å². The molecule has 2 nitrogen and oxygen atoms in total. The van der Waals surface area contributed by atoms with E-state index < -0.39 is 17.0 Å². The van der Waals surface area contributed by atoms with Gasteiger partial charge in [-0.1, -0.05) is 12.1 Å². The molecule has 0 aliphatic carbocycles. The molecule has 0 radical (unpaired) electrons. The van der Waals surface area contributed by atoms with Gasteiger partial charge < -0.3 is 9.47 Å². The smallest absolute Gasteiger partial charge is 0.163 e. The zero-order chi connectivity index (χ0) is 14.7. The van der Waals surface area contributed by atoms with E-state index in [0.29, 0.717) is 17.1 Å². The number of hydrogen-bond acceptors (Lipinski definition) is 2. The van der Waals surface area contributed by atoms with Gasteiger partial charge in [-0.05, 0) is 18.2 Å². The fourth-order valence-corrected chi connectivity index (χ4v) is 2.26. The number of ether oxygens (including phenoxy) is 2. The Morgan fingerprint density at radius 1 is 1.00 bits per heavy atom. The second-order valence-corrected chi connectivity index (χ2v) is 4.55. The third-order valence-corrected chi connectivity index (χ3v) is 3.44. The lowest BCUT2D eigenvalue weighted by molar-refractivity contribution is 0.391. The summed E-state index contributed by atoms with van der Waals surface area (Å²) in [5.74, 6) is -0.840. The molecule has 1 unspecified atom stereocenters. The van der Waals surface area contributed by atoms with Crippen molar-refractivity contribution >= 4 is 11.6 Å². The summed E-state index contributed by atoms with van der Waals surface area (Å²) < 4.78 is 37.4. The first-order chi connectivity index (χ1) is 9.58. The Morgan fingerprint density at radius 3 is 2.40 bits per heavy atom. The van der Waals surface area contributed by atoms with Crippen LogP contribution in [-0.2, 0) is 0 Å². The van der Waals surface area contributed by atoms with Crippen LogP contribution < -0.4 is 9.47 Å². The Labute approximate surface area is 120 Å². The highest BCUT2D eigenvalue weighted by Gasteiger charge is 2.21. The molecule has 0 saturated carbocycles. The molecule has 2 aromatic carbocycles. The number of methoxy groups -OCH3 is 2. The Bertz CT molecular complexity index is 617. The van der Waals surface area contributed by atoms with Gasteiger partial charge in [-0.2, -0.15) is 0 Å². The van der Waals surface area contributed by atoms with Crippen molar-refractivity contribution in [1.82, 2.24) is 0 Å². The zero-order valence-corrected chi connectivity index (χ0v) is 11.7. The van der Waals surface area contributed by atoms with Gasteiger partial charge in [-0.15, -0.1) is 11.6 Å². The van der Waals surface area contributed by atoms with E-state index in [1.807, 2.05) is 0 Å². The standard InChI is InChI=1S/C15H13ClF2O2/c1-19-9-6-7-10(13(8-9)20-2)14(16)11-4-3-5-12(17)15(11)18/h3-8,14H,1-2H3. The molecule has 20 heavy (non-hydrogen) atoms. The van der Waals surface area contributed by atoms with Crippen LogP contribution in [0.5, 0.6) is 11.5 Å². The van der Waals surface area contributed by atoms with Crippen LogP contribution >= 0.6 is 11.6 Å². The molecule has 0 bridgehead atoms. The van der Waals surface area contributed by atoms with Gasteiger partial charge >= 0.3 is 0 Å². The molecule has 2 aromatic rings. The SMILES string of the molecule is COc1ccc(C(Cl)c2cccc(F)c2F)c(OC)c1. The molecule has 1 atom stereocenters. The van der Waals surface area contributed by atoms with E-state index in [2.05, 4.69) is 0 Å². The summed E-state index contributed by atoms with van der Waals surface area (Å²) in [4.78, 5) is 0. The van der Waals surface area contributed by atoms with Crippen LogP contribution in [-0.4, -0.2) is 14.2 Å². The Kier molecular flexibility index (Phi) is 4.45. The molecule has 0 aromatic heterocycles. The highest BCUT2D eigenvalue weighted by Crippen LogP contribution is 2.38. The maximum Gasteiger partial charge on any atom is 0.163 e. The molecule has 0 amide bonds. The van der Waals surface area contributed by atoms with Gasteiger partial charge in [-0.25, -0.2) is 8.78 Å². The average molecular weight is 299 g/mol. The zero-order valence-electron chi connectivity index (χ0n) is 11.0. The summed E-state index contributed by atoms with van der Waals surface area (Å²) in [6.45, 7) is 0. The van der Waals surface area contributed by atoms with Crippen LogP contribution in [0.4, 0.5) is 8.78 Å². The van der Waals surface area contributed by atoms with Crippen molar-refractivity contribution in [1.29, 1.82) is 0 Å². The van der Waals surface area contributed by atoms with E-state index in [4.69, 9.17) is 21.1 Å². The second kappa shape index (κ2) is 6.09. The number of rotatable bonds is 4. The fraction of sp³-hybridized carbons (Fsp3) is 0.200. The van der Waals surface area contributed by atoms with Crippen LogP contribution in [0.15, 0.2) is 36.4 Å². The van der Waals surface area contributed by atoms with Crippen molar-refractivity contribution in [2.24, 2.45) is 0 Å². The van der Waals surface area contributed by atoms with Crippen molar-refractivity contribution < 1.29 is 18.3 Å². The van der Waals surface area contributed by atoms with Crippen molar-refractivity contribution in [3.63, 3.8) is 0 Å². The summed E-state index contributed by atoms with van der Waals surface area (Å²) in [6, 6.07) is 8.90. The molecule has 2 rings (SSSR count). The van der Waals surface area contributed by atoms with Gasteiger partial charge in [0.25, 0.3) is 0 Å². The third-order valence-electron chi connectivity index (χ3n) is 2.97. The van der Waals surface area contributed by atoms with Crippen LogP contribution in [0.25, 0.3) is 0 Å². The summed E-state index contributed by atoms with van der Waals surface area (Å²) >= 11 is 6.26. The predicted molar refractivity (Wildman–Crippen MR) is 73.6 cm³/mol. The molecule has 0 spiro atoms. The Hall–Kier alpha value is -1.81. The average Bonchev–Trinajstić information content (AvgIpc) is 2.48. The van der Waals surface area contributed by atoms with E-state index in [9.17, 15) is 8.78 Å². The van der Waals surface area contributed by atoms with Crippen LogP contribution in [0.2, 0.25) is 0 Å². The highest BCUT2D eigenvalue weighted by molar-refractivity contribution is 6.22. The van der Waals surface area contributed by atoms with Crippen LogP contribution in [0.3, 0.4) is 0 Å². The van der Waals surface area contributed by atoms with Gasteiger partial charge in [0.1, 0.15) is 11.5 Å². The lowest BCUT2D eigenvalue weighted by Gasteiger charge is -2.16. The second-order valence-electron chi connectivity index (χ2n) is 4.11. The molecule has 0 saturated heterocycles. The van der Waals surface area contributed by atoms with E-state index in [0.717, 1.165) is 6.07 Å². The van der Waals surface area contributed by atoms with E-state index in [1.54, 1.807) is 18.2 Å². The van der Waals surface area contributed by atoms with Crippen molar-refractivity contribution in [2.75, 3.05) is 14.2 Å². The molecule has 0 fully saturated rings. The normalized spacial score (nSPS) is 12.1.